The third-order valence-electron chi connectivity index (χ3n) is 1.48. The van der Waals surface area contributed by atoms with E-state index >= 15 is 0 Å². The quantitative estimate of drug-likeness (QED) is 0.662. The van der Waals surface area contributed by atoms with E-state index in [1.54, 1.807) is 6.92 Å². The lowest BCUT2D eigenvalue weighted by Crippen LogP contribution is -2.19. The Morgan fingerprint density at radius 3 is 3.08 bits per heavy atom. The Morgan fingerprint density at radius 2 is 2.54 bits per heavy atom. The summed E-state index contributed by atoms with van der Waals surface area (Å²) in [6.45, 7) is 1.91. The summed E-state index contributed by atoms with van der Waals surface area (Å²) in [6, 6.07) is 0. The molecule has 0 atom stereocenters. The monoisotopic (exact) mass is 181 g/mol. The molecule has 68 valence electrons. The summed E-state index contributed by atoms with van der Waals surface area (Å²) in [5.41, 5.74) is -0.289. The molecule has 0 spiro atoms. The Kier molecular flexibility index (Phi) is 1.69. The van der Waals surface area contributed by atoms with Crippen LogP contribution in [0.15, 0.2) is 15.6 Å². The van der Waals surface area contributed by atoms with Crippen molar-refractivity contribution in [2.75, 3.05) is 0 Å². The van der Waals surface area contributed by atoms with Crippen LogP contribution in [0, 0.1) is 6.92 Å². The number of hydrogen-bond acceptors (Lipinski definition) is 5. The first-order valence-electron chi connectivity index (χ1n) is 3.65. The van der Waals surface area contributed by atoms with Crippen molar-refractivity contribution in [3.8, 4) is 0 Å². The third-order valence-corrected chi connectivity index (χ3v) is 1.48. The van der Waals surface area contributed by atoms with Crippen molar-refractivity contribution >= 4 is 0 Å². The highest BCUT2D eigenvalue weighted by atomic mass is 16.5. The Bertz CT molecular complexity index is 453. The Morgan fingerprint density at radius 1 is 1.69 bits per heavy atom. The normalized spacial score (nSPS) is 10.5. The highest BCUT2D eigenvalue weighted by Gasteiger charge is 2.05. The standard InChI is InChI=1S/C6H7N5O2/c1-4-9-5(10-13-4)2-11-6(12)7-3-8-11/h3H,2H2,1H3,(H,7,8,12). The fourth-order valence-electron chi connectivity index (χ4n) is 0.933. The third kappa shape index (κ3) is 1.48. The highest BCUT2D eigenvalue weighted by molar-refractivity contribution is 4.84. The molecule has 0 radical (unpaired) electrons. The molecule has 7 nitrogen and oxygen atoms in total. The molecule has 0 fully saturated rings. The van der Waals surface area contributed by atoms with Gasteiger partial charge in [-0.3, -0.25) is 4.98 Å². The largest absolute Gasteiger partial charge is 0.343 e. The molecule has 0 saturated heterocycles. The number of aromatic amines is 1. The van der Waals surface area contributed by atoms with Crippen molar-refractivity contribution in [2.24, 2.45) is 0 Å². The number of nitrogens with one attached hydrogen (secondary N) is 1. The van der Waals surface area contributed by atoms with Gasteiger partial charge in [0.2, 0.25) is 5.89 Å². The first-order chi connectivity index (χ1) is 6.25. The molecule has 13 heavy (non-hydrogen) atoms. The summed E-state index contributed by atoms with van der Waals surface area (Å²) in [5.74, 6) is 0.908. The number of hydrogen-bond donors (Lipinski definition) is 1. The summed E-state index contributed by atoms with van der Waals surface area (Å²) >= 11 is 0. The lowest BCUT2D eigenvalue weighted by molar-refractivity contribution is 0.385. The van der Waals surface area contributed by atoms with E-state index in [2.05, 4.69) is 20.2 Å². The highest BCUT2D eigenvalue weighted by Crippen LogP contribution is 1.94. The van der Waals surface area contributed by atoms with Gasteiger partial charge in [0.25, 0.3) is 0 Å². The van der Waals surface area contributed by atoms with E-state index < -0.39 is 0 Å². The zero-order chi connectivity index (χ0) is 9.26. The second-order valence-electron chi connectivity index (χ2n) is 2.48. The van der Waals surface area contributed by atoms with Crippen molar-refractivity contribution in [3.05, 3.63) is 28.5 Å². The number of H-pyrrole nitrogens is 1. The van der Waals surface area contributed by atoms with E-state index in [1.165, 1.54) is 11.0 Å². The van der Waals surface area contributed by atoms with E-state index in [0.717, 1.165) is 0 Å². The van der Waals surface area contributed by atoms with E-state index in [-0.39, 0.29) is 12.2 Å². The fourth-order valence-corrected chi connectivity index (χ4v) is 0.933. The molecule has 0 amide bonds. The van der Waals surface area contributed by atoms with E-state index in [4.69, 9.17) is 4.52 Å². The number of aromatic nitrogens is 5. The van der Waals surface area contributed by atoms with Crippen LogP contribution < -0.4 is 5.69 Å². The second kappa shape index (κ2) is 2.85. The van der Waals surface area contributed by atoms with Gasteiger partial charge >= 0.3 is 5.69 Å². The van der Waals surface area contributed by atoms with E-state index in [1.807, 2.05) is 0 Å². The van der Waals surface area contributed by atoms with Gasteiger partial charge in [-0.1, -0.05) is 5.16 Å². The van der Waals surface area contributed by atoms with Gasteiger partial charge < -0.3 is 4.52 Å². The van der Waals surface area contributed by atoms with E-state index in [0.29, 0.717) is 11.7 Å². The predicted molar refractivity (Wildman–Crippen MR) is 41.0 cm³/mol. The fraction of sp³-hybridized carbons (Fsp3) is 0.333. The zero-order valence-electron chi connectivity index (χ0n) is 6.89. The maximum absolute atomic E-state index is 11.0. The van der Waals surface area contributed by atoms with Crippen LogP contribution in [0.3, 0.4) is 0 Å². The van der Waals surface area contributed by atoms with E-state index in [9.17, 15) is 4.79 Å². The summed E-state index contributed by atoms with van der Waals surface area (Å²) in [4.78, 5) is 17.3. The molecule has 0 aliphatic carbocycles. The topological polar surface area (TPSA) is 89.6 Å². The first-order valence-corrected chi connectivity index (χ1v) is 3.65. The van der Waals surface area contributed by atoms with Gasteiger partial charge in [0.05, 0.1) is 0 Å². The molecule has 0 aliphatic heterocycles. The smallest absolute Gasteiger partial charge is 0.340 e. The minimum absolute atomic E-state index is 0.222. The molecule has 0 aliphatic rings. The number of nitrogens with zero attached hydrogens (tertiary/aromatic N) is 4. The van der Waals surface area contributed by atoms with Crippen LogP contribution in [0.25, 0.3) is 0 Å². The Hall–Kier alpha value is -1.92. The Balaban J connectivity index is 2.24. The second-order valence-corrected chi connectivity index (χ2v) is 2.48. The van der Waals surface area contributed by atoms with Crippen LogP contribution in [0.2, 0.25) is 0 Å². The number of rotatable bonds is 2. The van der Waals surface area contributed by atoms with Gasteiger partial charge in [-0.25, -0.2) is 9.48 Å². The predicted octanol–water partition coefficient (Wildman–Crippen LogP) is -0.689. The van der Waals surface area contributed by atoms with Crippen LogP contribution in [-0.4, -0.2) is 24.9 Å². The average molecular weight is 181 g/mol. The minimum atomic E-state index is -0.289. The molecule has 0 unspecified atom stereocenters. The number of aryl methyl sites for hydroxylation is 1. The van der Waals surface area contributed by atoms with Crippen LogP contribution in [-0.2, 0) is 6.54 Å². The molecule has 1 N–H and O–H groups in total. The van der Waals surface area contributed by atoms with Gasteiger partial charge in [0.15, 0.2) is 5.82 Å². The van der Waals surface area contributed by atoms with Crippen molar-refractivity contribution in [2.45, 2.75) is 13.5 Å². The summed E-state index contributed by atoms with van der Waals surface area (Å²) in [5, 5.41) is 7.38. The molecule has 2 rings (SSSR count). The molecular formula is C6H7N5O2. The van der Waals surface area contributed by atoms with Crippen LogP contribution in [0.5, 0.6) is 0 Å². The molecule has 0 bridgehead atoms. The van der Waals surface area contributed by atoms with Gasteiger partial charge in [-0.15, -0.1) is 0 Å². The Labute approximate surface area is 72.4 Å². The molecule has 2 aromatic rings. The van der Waals surface area contributed by atoms with Crippen molar-refractivity contribution in [1.29, 1.82) is 0 Å². The van der Waals surface area contributed by atoms with Crippen LogP contribution in [0.1, 0.15) is 11.7 Å². The van der Waals surface area contributed by atoms with Crippen LogP contribution in [0.4, 0.5) is 0 Å². The van der Waals surface area contributed by atoms with Crippen molar-refractivity contribution in [1.82, 2.24) is 24.9 Å². The lowest BCUT2D eigenvalue weighted by atomic mass is 10.6. The average Bonchev–Trinajstić information content (AvgIpc) is 2.64. The van der Waals surface area contributed by atoms with Gasteiger partial charge in [-0.05, 0) is 0 Å². The maximum atomic E-state index is 11.0. The van der Waals surface area contributed by atoms with Gasteiger partial charge in [-0.2, -0.15) is 10.1 Å². The first kappa shape index (κ1) is 7.71. The molecule has 7 heteroatoms. The van der Waals surface area contributed by atoms with Crippen LogP contribution >= 0.6 is 0 Å². The summed E-state index contributed by atoms with van der Waals surface area (Å²) < 4.78 is 5.95. The molecule has 2 aromatic heterocycles. The maximum Gasteiger partial charge on any atom is 0.343 e. The minimum Gasteiger partial charge on any atom is -0.340 e. The summed E-state index contributed by atoms with van der Waals surface area (Å²) in [7, 11) is 0. The molecular weight excluding hydrogens is 174 g/mol. The SMILES string of the molecule is Cc1nc(Cn2nc[nH]c2=O)no1. The van der Waals surface area contributed by atoms with Crippen molar-refractivity contribution in [3.63, 3.8) is 0 Å². The summed E-state index contributed by atoms with van der Waals surface area (Å²) in [6.07, 6.45) is 1.31. The van der Waals surface area contributed by atoms with Gasteiger partial charge in [0, 0.05) is 6.92 Å². The molecule has 0 aromatic carbocycles. The molecule has 2 heterocycles. The zero-order valence-corrected chi connectivity index (χ0v) is 6.89. The lowest BCUT2D eigenvalue weighted by Gasteiger charge is -1.90. The molecule has 0 saturated carbocycles. The van der Waals surface area contributed by atoms with Crippen molar-refractivity contribution < 1.29 is 4.52 Å². The van der Waals surface area contributed by atoms with Gasteiger partial charge in [0.1, 0.15) is 12.9 Å².